The van der Waals surface area contributed by atoms with Crippen molar-refractivity contribution < 1.29 is 14.3 Å². The van der Waals surface area contributed by atoms with Crippen molar-refractivity contribution in [2.45, 2.75) is 0 Å². The van der Waals surface area contributed by atoms with Crippen molar-refractivity contribution in [3.63, 3.8) is 0 Å². The number of aromatic nitrogens is 2. The summed E-state index contributed by atoms with van der Waals surface area (Å²) in [5, 5.41) is 0.177. The zero-order valence-corrected chi connectivity index (χ0v) is 12.5. The second-order valence-corrected chi connectivity index (χ2v) is 4.84. The van der Waals surface area contributed by atoms with Crippen LogP contribution in [0, 0.1) is 0 Å². The van der Waals surface area contributed by atoms with E-state index in [1.54, 1.807) is 0 Å². The van der Waals surface area contributed by atoms with Crippen molar-refractivity contribution in [3.8, 4) is 5.88 Å². The second kappa shape index (κ2) is 6.23. The highest BCUT2D eigenvalue weighted by molar-refractivity contribution is 6.31. The predicted molar refractivity (Wildman–Crippen MR) is 74.6 cm³/mol. The van der Waals surface area contributed by atoms with Crippen LogP contribution in [0.1, 0.15) is 10.5 Å². The summed E-state index contributed by atoms with van der Waals surface area (Å²) in [5.41, 5.74) is -0.0159. The maximum absolute atomic E-state index is 11.6. The van der Waals surface area contributed by atoms with Crippen molar-refractivity contribution in [3.05, 3.63) is 10.8 Å². The SMILES string of the molecule is COC(=O)c1nc(Cl)c(N2CCN(C)CC2)nc1OC. The third kappa shape index (κ3) is 2.94. The molecule has 0 N–H and O–H groups in total. The van der Waals surface area contributed by atoms with Crippen LogP contribution in [-0.4, -0.2) is 68.3 Å². The highest BCUT2D eigenvalue weighted by atomic mass is 35.5. The number of esters is 1. The van der Waals surface area contributed by atoms with E-state index in [0.717, 1.165) is 26.2 Å². The van der Waals surface area contributed by atoms with E-state index in [2.05, 4.69) is 26.7 Å². The number of piperazine rings is 1. The molecule has 20 heavy (non-hydrogen) atoms. The van der Waals surface area contributed by atoms with E-state index in [0.29, 0.717) is 5.82 Å². The second-order valence-electron chi connectivity index (χ2n) is 4.48. The zero-order chi connectivity index (χ0) is 14.7. The predicted octanol–water partition coefficient (Wildman–Crippen LogP) is 0.677. The van der Waals surface area contributed by atoms with Crippen molar-refractivity contribution in [1.82, 2.24) is 14.9 Å². The summed E-state index contributed by atoms with van der Waals surface area (Å²) in [7, 11) is 4.76. The van der Waals surface area contributed by atoms with Gasteiger partial charge in [0.1, 0.15) is 0 Å². The van der Waals surface area contributed by atoms with Gasteiger partial charge in [-0.15, -0.1) is 0 Å². The van der Waals surface area contributed by atoms with Gasteiger partial charge in [-0.25, -0.2) is 9.78 Å². The minimum Gasteiger partial charge on any atom is -0.479 e. The first-order valence-electron chi connectivity index (χ1n) is 6.20. The fraction of sp³-hybridized carbons (Fsp3) is 0.583. The number of nitrogens with zero attached hydrogens (tertiary/aromatic N) is 4. The van der Waals surface area contributed by atoms with Crippen LogP contribution >= 0.6 is 11.6 Å². The van der Waals surface area contributed by atoms with Gasteiger partial charge < -0.3 is 19.3 Å². The standard InChI is InChI=1S/C12H17ClN4O3/c1-16-4-6-17(7-5-16)10-9(13)14-8(12(18)20-3)11(15-10)19-2/h4-7H2,1-3H3. The van der Waals surface area contributed by atoms with Crippen LogP contribution in [0.5, 0.6) is 5.88 Å². The third-order valence-corrected chi connectivity index (χ3v) is 3.43. The smallest absolute Gasteiger partial charge is 0.362 e. The quantitative estimate of drug-likeness (QED) is 0.760. The summed E-state index contributed by atoms with van der Waals surface area (Å²) in [6, 6.07) is 0. The molecule has 1 aliphatic heterocycles. The lowest BCUT2D eigenvalue weighted by atomic mass is 10.3. The Morgan fingerprint density at radius 2 is 1.85 bits per heavy atom. The van der Waals surface area contributed by atoms with Crippen molar-refractivity contribution in [2.75, 3.05) is 52.3 Å². The first-order chi connectivity index (χ1) is 9.56. The van der Waals surface area contributed by atoms with E-state index in [9.17, 15) is 4.79 Å². The molecule has 0 spiro atoms. The lowest BCUT2D eigenvalue weighted by Gasteiger charge is -2.33. The molecule has 2 heterocycles. The Balaban J connectivity index is 2.33. The van der Waals surface area contributed by atoms with Gasteiger partial charge in [0.15, 0.2) is 11.0 Å². The minimum absolute atomic E-state index is 0.0159. The van der Waals surface area contributed by atoms with Gasteiger partial charge >= 0.3 is 5.97 Å². The number of methoxy groups -OCH3 is 2. The Labute approximate surface area is 122 Å². The molecule has 1 fully saturated rings. The van der Waals surface area contributed by atoms with Crippen molar-refractivity contribution in [1.29, 1.82) is 0 Å². The van der Waals surface area contributed by atoms with Gasteiger partial charge in [0.25, 0.3) is 0 Å². The minimum atomic E-state index is -0.624. The number of halogens is 1. The number of hydrogen-bond acceptors (Lipinski definition) is 7. The first kappa shape index (κ1) is 14.8. The molecule has 0 radical (unpaired) electrons. The monoisotopic (exact) mass is 300 g/mol. The third-order valence-electron chi connectivity index (χ3n) is 3.18. The summed E-state index contributed by atoms with van der Waals surface area (Å²) in [6.07, 6.45) is 0. The van der Waals surface area contributed by atoms with E-state index in [-0.39, 0.29) is 16.7 Å². The van der Waals surface area contributed by atoms with Crippen LogP contribution in [0.25, 0.3) is 0 Å². The Hall–Kier alpha value is -1.60. The number of carbonyl (C=O) groups excluding carboxylic acids is 1. The van der Waals surface area contributed by atoms with Gasteiger partial charge in [0, 0.05) is 26.2 Å². The molecular formula is C12H17ClN4O3. The van der Waals surface area contributed by atoms with Gasteiger partial charge in [-0.3, -0.25) is 0 Å². The van der Waals surface area contributed by atoms with Crippen LogP contribution in [0.2, 0.25) is 5.15 Å². The molecule has 0 atom stereocenters. The van der Waals surface area contributed by atoms with Crippen LogP contribution in [-0.2, 0) is 4.74 Å². The summed E-state index contributed by atoms with van der Waals surface area (Å²) in [6.45, 7) is 3.43. The molecule has 0 aromatic carbocycles. The van der Waals surface area contributed by atoms with Crippen LogP contribution < -0.4 is 9.64 Å². The number of hydrogen-bond donors (Lipinski definition) is 0. The van der Waals surface area contributed by atoms with Crippen LogP contribution in [0.15, 0.2) is 0 Å². The summed E-state index contributed by atoms with van der Waals surface area (Å²) >= 11 is 6.14. The van der Waals surface area contributed by atoms with Gasteiger partial charge in [-0.05, 0) is 7.05 Å². The molecule has 8 heteroatoms. The molecule has 7 nitrogen and oxygen atoms in total. The molecular weight excluding hydrogens is 284 g/mol. The Bertz CT molecular complexity index is 504. The average Bonchev–Trinajstić information content (AvgIpc) is 2.47. The molecule has 0 amide bonds. The van der Waals surface area contributed by atoms with E-state index in [4.69, 9.17) is 16.3 Å². The molecule has 1 saturated heterocycles. The molecule has 1 aromatic heterocycles. The number of likely N-dealkylation sites (N-methyl/N-ethyl adjacent to an activating group) is 1. The molecule has 1 aromatic rings. The number of carbonyl (C=O) groups is 1. The zero-order valence-electron chi connectivity index (χ0n) is 11.7. The van der Waals surface area contributed by atoms with Gasteiger partial charge in [0.2, 0.25) is 11.6 Å². The molecule has 1 aliphatic rings. The highest BCUT2D eigenvalue weighted by Gasteiger charge is 2.24. The van der Waals surface area contributed by atoms with Crippen molar-refractivity contribution in [2.24, 2.45) is 0 Å². The molecule has 110 valence electrons. The lowest BCUT2D eigenvalue weighted by molar-refractivity contribution is 0.0589. The van der Waals surface area contributed by atoms with Crippen molar-refractivity contribution >= 4 is 23.4 Å². The fourth-order valence-corrected chi connectivity index (χ4v) is 2.23. The van der Waals surface area contributed by atoms with Crippen LogP contribution in [0.3, 0.4) is 0 Å². The number of anilines is 1. The molecule has 0 saturated carbocycles. The summed E-state index contributed by atoms with van der Waals surface area (Å²) in [4.78, 5) is 24.2. The Kier molecular flexibility index (Phi) is 4.61. The maximum atomic E-state index is 11.6. The maximum Gasteiger partial charge on any atom is 0.362 e. The van der Waals surface area contributed by atoms with E-state index in [1.807, 2.05) is 4.90 Å². The van der Waals surface area contributed by atoms with Crippen LogP contribution in [0.4, 0.5) is 5.82 Å². The van der Waals surface area contributed by atoms with E-state index >= 15 is 0 Å². The first-order valence-corrected chi connectivity index (χ1v) is 6.58. The van der Waals surface area contributed by atoms with Gasteiger partial charge in [-0.1, -0.05) is 11.6 Å². The largest absolute Gasteiger partial charge is 0.479 e. The number of rotatable bonds is 3. The fourth-order valence-electron chi connectivity index (χ4n) is 1.98. The molecule has 0 bridgehead atoms. The Morgan fingerprint density at radius 3 is 2.40 bits per heavy atom. The number of ether oxygens (including phenoxy) is 2. The van der Waals surface area contributed by atoms with Gasteiger partial charge in [-0.2, -0.15) is 4.98 Å². The highest BCUT2D eigenvalue weighted by Crippen LogP contribution is 2.27. The van der Waals surface area contributed by atoms with E-state index in [1.165, 1.54) is 14.2 Å². The normalized spacial score (nSPS) is 16.1. The summed E-state index contributed by atoms with van der Waals surface area (Å²) < 4.78 is 9.74. The molecule has 0 aliphatic carbocycles. The Morgan fingerprint density at radius 1 is 1.20 bits per heavy atom. The lowest BCUT2D eigenvalue weighted by Crippen LogP contribution is -2.45. The molecule has 2 rings (SSSR count). The topological polar surface area (TPSA) is 67.8 Å². The average molecular weight is 301 g/mol. The molecule has 0 unspecified atom stereocenters. The van der Waals surface area contributed by atoms with E-state index < -0.39 is 5.97 Å². The van der Waals surface area contributed by atoms with Gasteiger partial charge in [0.05, 0.1) is 14.2 Å². The summed E-state index contributed by atoms with van der Waals surface area (Å²) in [5.74, 6) is 0.0284.